The fourth-order valence-corrected chi connectivity index (χ4v) is 3.91. The average molecular weight is 420 g/mol. The van der Waals surface area contributed by atoms with Crippen LogP contribution in [-0.2, 0) is 16.1 Å². The van der Waals surface area contributed by atoms with Crippen molar-refractivity contribution < 1.29 is 14.3 Å². The zero-order chi connectivity index (χ0) is 20.6. The molecule has 0 radical (unpaired) electrons. The molecule has 9 nitrogen and oxygen atoms in total. The number of carbonyl (C=O) groups is 2. The summed E-state index contributed by atoms with van der Waals surface area (Å²) >= 11 is 1.15. The van der Waals surface area contributed by atoms with E-state index in [9.17, 15) is 14.4 Å². The Bertz CT molecular complexity index is 926. The molecule has 1 aromatic heterocycles. The lowest BCUT2D eigenvalue weighted by Crippen LogP contribution is -2.38. The van der Waals surface area contributed by atoms with E-state index in [2.05, 4.69) is 20.5 Å². The maximum Gasteiger partial charge on any atom is 0.321 e. The Morgan fingerprint density at radius 3 is 2.72 bits per heavy atom. The molecule has 3 amide bonds. The molecule has 0 spiro atoms. The Morgan fingerprint density at radius 2 is 1.97 bits per heavy atom. The molecule has 1 aromatic carbocycles. The number of fused-ring (bicyclic) bond motifs is 1. The number of morpholine rings is 1. The summed E-state index contributed by atoms with van der Waals surface area (Å²) in [4.78, 5) is 43.1. The molecule has 3 rings (SSSR count). The summed E-state index contributed by atoms with van der Waals surface area (Å²) in [6.07, 6.45) is 0.790. The minimum Gasteiger partial charge on any atom is -0.379 e. The van der Waals surface area contributed by atoms with Crippen LogP contribution in [0.15, 0.2) is 34.2 Å². The molecule has 1 aliphatic rings. The normalized spacial score (nSPS) is 14.7. The van der Waals surface area contributed by atoms with E-state index < -0.39 is 11.9 Å². The van der Waals surface area contributed by atoms with Crippen molar-refractivity contribution in [2.24, 2.45) is 0 Å². The minimum atomic E-state index is -0.565. The summed E-state index contributed by atoms with van der Waals surface area (Å²) in [5.74, 6) is -0.460. The maximum atomic E-state index is 13.0. The Labute approximate surface area is 172 Å². The first-order chi connectivity index (χ1) is 14.1. The number of para-hydroxylation sites is 1. The molecule has 0 bridgehead atoms. The van der Waals surface area contributed by atoms with Gasteiger partial charge in [0, 0.05) is 33.2 Å². The lowest BCUT2D eigenvalue weighted by Gasteiger charge is -2.26. The standard InChI is InChI=1S/C19H25N5O4S/c1-20-18(27)22-16(25)13-29-19-21-15-6-3-2-5-14(15)17(26)24(19)8-4-7-23-9-11-28-12-10-23/h2-3,5-6H,4,7-13H2,1H3,(H2,20,22,25,27). The van der Waals surface area contributed by atoms with Gasteiger partial charge < -0.3 is 10.1 Å². The molecule has 2 aromatic rings. The van der Waals surface area contributed by atoms with Crippen LogP contribution in [0.2, 0.25) is 0 Å². The molecule has 2 N–H and O–H groups in total. The number of nitrogens with zero attached hydrogens (tertiary/aromatic N) is 3. The highest BCUT2D eigenvalue weighted by molar-refractivity contribution is 7.99. The molecule has 1 fully saturated rings. The summed E-state index contributed by atoms with van der Waals surface area (Å²) in [6, 6.07) is 6.61. The van der Waals surface area contributed by atoms with Gasteiger partial charge in [0.25, 0.3) is 5.56 Å². The number of amides is 3. The summed E-state index contributed by atoms with van der Waals surface area (Å²) in [6.45, 7) is 4.63. The molecule has 1 aliphatic heterocycles. The molecule has 0 aliphatic carbocycles. The van der Waals surface area contributed by atoms with Gasteiger partial charge in [-0.1, -0.05) is 23.9 Å². The van der Waals surface area contributed by atoms with E-state index in [-0.39, 0.29) is 11.3 Å². The number of ether oxygens (including phenoxy) is 1. The molecule has 0 atom stereocenters. The van der Waals surface area contributed by atoms with E-state index >= 15 is 0 Å². The van der Waals surface area contributed by atoms with Crippen LogP contribution < -0.4 is 16.2 Å². The number of benzene rings is 1. The van der Waals surface area contributed by atoms with Gasteiger partial charge in [-0.3, -0.25) is 24.4 Å². The van der Waals surface area contributed by atoms with Gasteiger partial charge in [-0.25, -0.2) is 9.78 Å². The molecule has 156 valence electrons. The second-order valence-corrected chi connectivity index (χ2v) is 7.53. The van der Waals surface area contributed by atoms with Crippen LogP contribution in [0.4, 0.5) is 4.79 Å². The van der Waals surface area contributed by atoms with E-state index in [0.29, 0.717) is 22.6 Å². The average Bonchev–Trinajstić information content (AvgIpc) is 2.74. The molecule has 0 saturated carbocycles. The predicted molar refractivity (Wildman–Crippen MR) is 111 cm³/mol. The third kappa shape index (κ3) is 5.78. The molecule has 1 saturated heterocycles. The van der Waals surface area contributed by atoms with Crippen LogP contribution in [0.5, 0.6) is 0 Å². The second kappa shape index (κ2) is 10.4. The van der Waals surface area contributed by atoms with Crippen LogP contribution in [-0.4, -0.2) is 72.0 Å². The van der Waals surface area contributed by atoms with Crippen molar-refractivity contribution in [2.45, 2.75) is 18.1 Å². The highest BCUT2D eigenvalue weighted by atomic mass is 32.2. The molecule has 10 heteroatoms. The van der Waals surface area contributed by atoms with Gasteiger partial charge in [-0.05, 0) is 18.6 Å². The number of urea groups is 1. The molecular weight excluding hydrogens is 394 g/mol. The molecule has 0 unspecified atom stereocenters. The first kappa shape index (κ1) is 21.3. The number of hydrogen-bond acceptors (Lipinski definition) is 7. The van der Waals surface area contributed by atoms with Crippen LogP contribution in [0.25, 0.3) is 10.9 Å². The lowest BCUT2D eigenvalue weighted by molar-refractivity contribution is -0.117. The first-order valence-electron chi connectivity index (χ1n) is 9.52. The van der Waals surface area contributed by atoms with Gasteiger partial charge in [0.2, 0.25) is 5.91 Å². The van der Waals surface area contributed by atoms with Gasteiger partial charge in [-0.2, -0.15) is 0 Å². The van der Waals surface area contributed by atoms with Crippen LogP contribution in [0.1, 0.15) is 6.42 Å². The minimum absolute atomic E-state index is 0.0122. The van der Waals surface area contributed by atoms with Crippen LogP contribution >= 0.6 is 11.8 Å². The van der Waals surface area contributed by atoms with Gasteiger partial charge in [-0.15, -0.1) is 0 Å². The first-order valence-corrected chi connectivity index (χ1v) is 10.5. The fraction of sp³-hybridized carbons (Fsp3) is 0.474. The number of hydrogen-bond donors (Lipinski definition) is 2. The number of thioether (sulfide) groups is 1. The third-order valence-electron chi connectivity index (χ3n) is 4.60. The van der Waals surface area contributed by atoms with Crippen molar-refractivity contribution in [3.05, 3.63) is 34.6 Å². The zero-order valence-electron chi connectivity index (χ0n) is 16.3. The van der Waals surface area contributed by atoms with E-state index in [1.165, 1.54) is 7.05 Å². The summed E-state index contributed by atoms with van der Waals surface area (Å²) in [5, 5.41) is 5.58. The van der Waals surface area contributed by atoms with E-state index in [1.807, 2.05) is 12.1 Å². The monoisotopic (exact) mass is 419 g/mol. The summed E-state index contributed by atoms with van der Waals surface area (Å²) < 4.78 is 6.99. The number of rotatable bonds is 7. The Balaban J connectivity index is 1.74. The highest BCUT2D eigenvalue weighted by Gasteiger charge is 2.15. The SMILES string of the molecule is CNC(=O)NC(=O)CSc1nc2ccccc2c(=O)n1CCCN1CCOCC1. The molecular formula is C19H25N5O4S. The molecule has 29 heavy (non-hydrogen) atoms. The number of imide groups is 1. The van der Waals surface area contributed by atoms with Crippen molar-refractivity contribution in [3.63, 3.8) is 0 Å². The maximum absolute atomic E-state index is 13.0. The number of aromatic nitrogens is 2. The predicted octanol–water partition coefficient (Wildman–Crippen LogP) is 0.667. The van der Waals surface area contributed by atoms with E-state index in [4.69, 9.17) is 4.74 Å². The quantitative estimate of drug-likeness (QED) is 0.502. The van der Waals surface area contributed by atoms with E-state index in [1.54, 1.807) is 16.7 Å². The van der Waals surface area contributed by atoms with Crippen molar-refractivity contribution in [1.29, 1.82) is 0 Å². The smallest absolute Gasteiger partial charge is 0.321 e. The van der Waals surface area contributed by atoms with Gasteiger partial charge >= 0.3 is 6.03 Å². The van der Waals surface area contributed by atoms with Crippen molar-refractivity contribution in [1.82, 2.24) is 25.1 Å². The number of nitrogens with one attached hydrogen (secondary N) is 2. The van der Waals surface area contributed by atoms with Crippen LogP contribution in [0.3, 0.4) is 0 Å². The zero-order valence-corrected chi connectivity index (χ0v) is 17.2. The lowest BCUT2D eigenvalue weighted by atomic mass is 10.2. The topological polar surface area (TPSA) is 106 Å². The van der Waals surface area contributed by atoms with Crippen molar-refractivity contribution >= 4 is 34.6 Å². The highest BCUT2D eigenvalue weighted by Crippen LogP contribution is 2.18. The van der Waals surface area contributed by atoms with Crippen molar-refractivity contribution in [3.8, 4) is 0 Å². The number of carbonyl (C=O) groups excluding carboxylic acids is 2. The van der Waals surface area contributed by atoms with E-state index in [0.717, 1.165) is 51.0 Å². The Hall–Kier alpha value is -2.43. The summed E-state index contributed by atoms with van der Waals surface area (Å²) in [7, 11) is 1.44. The van der Waals surface area contributed by atoms with Crippen LogP contribution in [0, 0.1) is 0 Å². The fourth-order valence-electron chi connectivity index (χ4n) is 3.09. The largest absolute Gasteiger partial charge is 0.379 e. The van der Waals surface area contributed by atoms with Gasteiger partial charge in [0.1, 0.15) is 0 Å². The third-order valence-corrected chi connectivity index (χ3v) is 5.58. The molecule has 2 heterocycles. The Kier molecular flexibility index (Phi) is 7.62. The van der Waals surface area contributed by atoms with Gasteiger partial charge in [0.05, 0.1) is 29.9 Å². The van der Waals surface area contributed by atoms with Crippen molar-refractivity contribution in [2.75, 3.05) is 45.6 Å². The second-order valence-electron chi connectivity index (χ2n) is 6.59. The summed E-state index contributed by atoms with van der Waals surface area (Å²) in [5.41, 5.74) is 0.475. The Morgan fingerprint density at radius 1 is 1.21 bits per heavy atom. The van der Waals surface area contributed by atoms with Gasteiger partial charge in [0.15, 0.2) is 5.16 Å².